The lowest BCUT2D eigenvalue weighted by Crippen LogP contribution is -1.99. The zero-order valence-corrected chi connectivity index (χ0v) is 6.07. The number of anilines is 1. The number of rotatable bonds is 1. The van der Waals surface area contributed by atoms with Gasteiger partial charge in [-0.3, -0.25) is 0 Å². The molecule has 0 aliphatic carbocycles. The first-order valence-corrected chi connectivity index (χ1v) is 3.37. The third-order valence-electron chi connectivity index (χ3n) is 1.58. The number of aromatic carboxylic acids is 1. The molecule has 0 saturated heterocycles. The zero-order valence-electron chi connectivity index (χ0n) is 6.07. The Morgan fingerprint density at radius 3 is 3.33 bits per heavy atom. The van der Waals surface area contributed by atoms with Crippen molar-refractivity contribution in [3.63, 3.8) is 0 Å². The highest BCUT2D eigenvalue weighted by Crippen LogP contribution is 2.27. The number of carboxylic acids is 1. The molecule has 0 saturated carbocycles. The Morgan fingerprint density at radius 2 is 2.58 bits per heavy atom. The topological polar surface area (TPSA) is 71.5 Å². The molecule has 12 heavy (non-hydrogen) atoms. The van der Waals surface area contributed by atoms with Gasteiger partial charge >= 0.3 is 5.97 Å². The van der Waals surface area contributed by atoms with Crippen LogP contribution in [0.4, 0.5) is 5.69 Å². The molecule has 1 aromatic rings. The second-order valence-corrected chi connectivity index (χ2v) is 2.34. The van der Waals surface area contributed by atoms with Crippen molar-refractivity contribution in [3.05, 3.63) is 18.0 Å². The summed E-state index contributed by atoms with van der Waals surface area (Å²) in [4.78, 5) is 14.2. The van der Waals surface area contributed by atoms with E-state index in [9.17, 15) is 4.79 Å². The number of pyridine rings is 1. The van der Waals surface area contributed by atoms with Crippen LogP contribution in [-0.4, -0.2) is 22.8 Å². The fourth-order valence-corrected chi connectivity index (χ4v) is 1.00. The number of ether oxygens (including phenoxy) is 1. The van der Waals surface area contributed by atoms with Crippen molar-refractivity contribution in [1.29, 1.82) is 0 Å². The SMILES string of the molecule is O=C(O)c1cc2c(cn1)OCN2. The number of carbonyl (C=O) groups is 1. The summed E-state index contributed by atoms with van der Waals surface area (Å²) in [5.41, 5.74) is 0.703. The van der Waals surface area contributed by atoms with Gasteiger partial charge in [0.25, 0.3) is 0 Å². The van der Waals surface area contributed by atoms with Gasteiger partial charge in [0.05, 0.1) is 11.9 Å². The molecule has 1 aliphatic rings. The molecule has 1 aliphatic heterocycles. The Kier molecular flexibility index (Phi) is 1.36. The van der Waals surface area contributed by atoms with Crippen LogP contribution in [0.15, 0.2) is 12.3 Å². The Balaban J connectivity index is 2.45. The first kappa shape index (κ1) is 6.90. The van der Waals surface area contributed by atoms with E-state index in [-0.39, 0.29) is 5.69 Å². The average molecular weight is 166 g/mol. The van der Waals surface area contributed by atoms with E-state index in [2.05, 4.69) is 10.3 Å². The van der Waals surface area contributed by atoms with Crippen LogP contribution >= 0.6 is 0 Å². The molecule has 0 bridgehead atoms. The Morgan fingerprint density at radius 1 is 1.75 bits per heavy atom. The Bertz CT molecular complexity index is 337. The van der Waals surface area contributed by atoms with Crippen LogP contribution in [0.3, 0.4) is 0 Å². The quantitative estimate of drug-likeness (QED) is 0.637. The summed E-state index contributed by atoms with van der Waals surface area (Å²) in [5, 5.41) is 11.5. The van der Waals surface area contributed by atoms with Crippen molar-refractivity contribution in [2.45, 2.75) is 0 Å². The van der Waals surface area contributed by atoms with Gasteiger partial charge in [-0.15, -0.1) is 0 Å². The van der Waals surface area contributed by atoms with Gasteiger partial charge in [-0.1, -0.05) is 0 Å². The van der Waals surface area contributed by atoms with Gasteiger partial charge in [-0.05, 0) is 6.07 Å². The summed E-state index contributed by atoms with van der Waals surface area (Å²) >= 11 is 0. The molecule has 0 unspecified atom stereocenters. The number of hydrogen-bond donors (Lipinski definition) is 2. The number of carboxylic acid groups (broad SMARTS) is 1. The van der Waals surface area contributed by atoms with Crippen molar-refractivity contribution >= 4 is 11.7 Å². The molecule has 0 fully saturated rings. The molecule has 0 atom stereocenters. The fraction of sp³-hybridized carbons (Fsp3) is 0.143. The lowest BCUT2D eigenvalue weighted by atomic mass is 10.3. The highest BCUT2D eigenvalue weighted by atomic mass is 16.5. The Labute approximate surface area is 68.0 Å². The second kappa shape index (κ2) is 2.37. The number of nitrogens with one attached hydrogen (secondary N) is 1. The van der Waals surface area contributed by atoms with Gasteiger partial charge in [-0.25, -0.2) is 9.78 Å². The van der Waals surface area contributed by atoms with Crippen LogP contribution in [0.25, 0.3) is 0 Å². The van der Waals surface area contributed by atoms with E-state index in [4.69, 9.17) is 9.84 Å². The second-order valence-electron chi connectivity index (χ2n) is 2.34. The van der Waals surface area contributed by atoms with Crippen molar-refractivity contribution in [3.8, 4) is 5.75 Å². The van der Waals surface area contributed by atoms with E-state index >= 15 is 0 Å². The van der Waals surface area contributed by atoms with Crippen LogP contribution in [0.5, 0.6) is 5.75 Å². The van der Waals surface area contributed by atoms with Crippen LogP contribution in [-0.2, 0) is 0 Å². The smallest absolute Gasteiger partial charge is 0.354 e. The van der Waals surface area contributed by atoms with Gasteiger partial charge in [0.15, 0.2) is 18.2 Å². The molecule has 5 heteroatoms. The summed E-state index contributed by atoms with van der Waals surface area (Å²) in [7, 11) is 0. The number of fused-ring (bicyclic) bond motifs is 1. The molecular formula is C7H6N2O3. The molecule has 0 amide bonds. The normalized spacial score (nSPS) is 13.0. The van der Waals surface area contributed by atoms with Crippen LogP contribution in [0.2, 0.25) is 0 Å². The first-order chi connectivity index (χ1) is 5.77. The molecule has 0 spiro atoms. The largest absolute Gasteiger partial charge is 0.477 e. The monoisotopic (exact) mass is 166 g/mol. The van der Waals surface area contributed by atoms with Crippen molar-refractivity contribution < 1.29 is 14.6 Å². The van der Waals surface area contributed by atoms with Gasteiger partial charge in [0.1, 0.15) is 0 Å². The van der Waals surface area contributed by atoms with Gasteiger partial charge < -0.3 is 15.2 Å². The van der Waals surface area contributed by atoms with Crippen molar-refractivity contribution in [1.82, 2.24) is 4.98 Å². The molecule has 2 N–H and O–H groups in total. The molecule has 5 nitrogen and oxygen atoms in total. The maximum atomic E-state index is 10.5. The van der Waals surface area contributed by atoms with Gasteiger partial charge in [-0.2, -0.15) is 0 Å². The standard InChI is InChI=1S/C7H6N2O3/c10-7(11)5-1-4-6(2-8-5)12-3-9-4/h1-2,9H,3H2,(H,10,11). The third-order valence-corrected chi connectivity index (χ3v) is 1.58. The average Bonchev–Trinajstić information content (AvgIpc) is 2.49. The van der Waals surface area contributed by atoms with E-state index in [0.29, 0.717) is 18.2 Å². The van der Waals surface area contributed by atoms with Crippen molar-refractivity contribution in [2.24, 2.45) is 0 Å². The zero-order chi connectivity index (χ0) is 8.55. The van der Waals surface area contributed by atoms with Crippen molar-refractivity contribution in [2.75, 3.05) is 12.0 Å². The minimum absolute atomic E-state index is 0.0201. The van der Waals surface area contributed by atoms with E-state index in [1.807, 2.05) is 0 Å². The summed E-state index contributed by atoms with van der Waals surface area (Å²) in [6.07, 6.45) is 1.40. The molecule has 2 heterocycles. The van der Waals surface area contributed by atoms with E-state index < -0.39 is 5.97 Å². The van der Waals surface area contributed by atoms with Gasteiger partial charge in [0.2, 0.25) is 0 Å². The highest BCUT2D eigenvalue weighted by Gasteiger charge is 2.14. The van der Waals surface area contributed by atoms with E-state index in [1.54, 1.807) is 0 Å². The maximum absolute atomic E-state index is 10.5. The molecular weight excluding hydrogens is 160 g/mol. The number of hydrogen-bond acceptors (Lipinski definition) is 4. The predicted molar refractivity (Wildman–Crippen MR) is 40.3 cm³/mol. The molecule has 62 valence electrons. The molecule has 0 aromatic carbocycles. The van der Waals surface area contributed by atoms with E-state index in [0.717, 1.165) is 0 Å². The molecule has 0 radical (unpaired) electrons. The third kappa shape index (κ3) is 0.952. The summed E-state index contributed by atoms with van der Waals surface area (Å²) in [5.74, 6) is -0.438. The fourth-order valence-electron chi connectivity index (χ4n) is 1.00. The minimum atomic E-state index is -1.04. The van der Waals surface area contributed by atoms with Crippen LogP contribution in [0.1, 0.15) is 10.5 Å². The van der Waals surface area contributed by atoms with E-state index in [1.165, 1.54) is 12.3 Å². The Hall–Kier alpha value is -1.78. The summed E-state index contributed by atoms with van der Waals surface area (Å²) < 4.78 is 5.07. The lowest BCUT2D eigenvalue weighted by Gasteiger charge is -1.96. The maximum Gasteiger partial charge on any atom is 0.354 e. The number of nitrogens with zero attached hydrogens (tertiary/aromatic N) is 1. The van der Waals surface area contributed by atoms with Crippen LogP contribution in [0, 0.1) is 0 Å². The number of aromatic nitrogens is 1. The minimum Gasteiger partial charge on any atom is -0.477 e. The molecule has 2 rings (SSSR count). The van der Waals surface area contributed by atoms with Crippen LogP contribution < -0.4 is 10.1 Å². The lowest BCUT2D eigenvalue weighted by molar-refractivity contribution is 0.0690. The summed E-state index contributed by atoms with van der Waals surface area (Å²) in [6, 6.07) is 1.45. The molecule has 1 aromatic heterocycles. The van der Waals surface area contributed by atoms with Gasteiger partial charge in [0, 0.05) is 0 Å². The predicted octanol–water partition coefficient (Wildman–Crippen LogP) is 0.542. The first-order valence-electron chi connectivity index (χ1n) is 3.37. The highest BCUT2D eigenvalue weighted by molar-refractivity contribution is 5.87. The summed E-state index contributed by atoms with van der Waals surface area (Å²) in [6.45, 7) is 0.375.